The van der Waals surface area contributed by atoms with Crippen molar-refractivity contribution in [1.82, 2.24) is 0 Å². The van der Waals surface area contributed by atoms with E-state index < -0.39 is 6.15 Å². The summed E-state index contributed by atoms with van der Waals surface area (Å²) in [5.41, 5.74) is 2.68. The Hall–Kier alpha value is -1.92. The smallest absolute Gasteiger partial charge is 0.183 e. The molecule has 0 aliphatic heterocycles. The van der Waals surface area contributed by atoms with Crippen LogP contribution in [0.15, 0.2) is 72.8 Å². The molecule has 0 N–H and O–H groups in total. The molecule has 0 heterocycles. The predicted octanol–water partition coefficient (Wildman–Crippen LogP) is 4.18. The first kappa shape index (κ1) is 16.9. The highest BCUT2D eigenvalue weighted by atomic mass is 35.5. The van der Waals surface area contributed by atoms with Crippen LogP contribution < -0.4 is 16.4 Å². The fourth-order valence-corrected chi connectivity index (χ4v) is 3.43. The number of halogens is 3. The van der Waals surface area contributed by atoms with E-state index in [4.69, 9.17) is 34.8 Å². The quantitative estimate of drug-likeness (QED) is 0.634. The third kappa shape index (κ3) is 3.04. The van der Waals surface area contributed by atoms with Gasteiger partial charge in [0.1, 0.15) is 0 Å². The lowest BCUT2D eigenvalue weighted by Crippen LogP contribution is -2.66. The van der Waals surface area contributed by atoms with Crippen LogP contribution in [0, 0.1) is 11.2 Å². The van der Waals surface area contributed by atoms with Crippen LogP contribution in [0.3, 0.4) is 0 Å². The monoisotopic (exact) mass is 370 g/mol. The zero-order chi connectivity index (χ0) is 17.2. The second kappa shape index (κ2) is 6.91. The molecule has 3 aromatic carbocycles. The van der Waals surface area contributed by atoms with Crippen molar-refractivity contribution in [2.24, 2.45) is 0 Å². The van der Waals surface area contributed by atoms with Crippen LogP contribution in [0.1, 0.15) is 0 Å². The molecule has 118 valence electrons. The Morgan fingerprint density at radius 3 is 1.00 bits per heavy atom. The second-order valence-electron chi connectivity index (χ2n) is 5.65. The zero-order valence-corrected chi connectivity index (χ0v) is 14.9. The van der Waals surface area contributed by atoms with Gasteiger partial charge < -0.3 is 0 Å². The Balaban J connectivity index is 2.30. The summed E-state index contributed by atoms with van der Waals surface area (Å²) < 4.78 is 0. The van der Waals surface area contributed by atoms with Crippen molar-refractivity contribution in [2.45, 2.75) is 0 Å². The highest BCUT2D eigenvalue weighted by Crippen LogP contribution is 2.14. The molecule has 3 rings (SSSR count). The first-order chi connectivity index (χ1) is 11.6. The van der Waals surface area contributed by atoms with Crippen LogP contribution in [-0.2, 0) is 0 Å². The van der Waals surface area contributed by atoms with E-state index in [0.29, 0.717) is 15.1 Å². The molecule has 3 aromatic rings. The van der Waals surface area contributed by atoms with Crippen molar-refractivity contribution in [2.75, 3.05) is 0 Å². The summed E-state index contributed by atoms with van der Waals surface area (Å²) >= 11 is 18.1. The summed E-state index contributed by atoms with van der Waals surface area (Å²) in [6.45, 7) is 0. The lowest BCUT2D eigenvalue weighted by molar-refractivity contribution is 1.54. The first-order valence-corrected chi connectivity index (χ1v) is 8.54. The molecule has 24 heavy (non-hydrogen) atoms. The van der Waals surface area contributed by atoms with E-state index in [9.17, 15) is 5.26 Å². The van der Waals surface area contributed by atoms with Crippen molar-refractivity contribution in [1.29, 1.82) is 5.26 Å². The van der Waals surface area contributed by atoms with Crippen molar-refractivity contribution in [3.8, 4) is 5.97 Å². The third-order valence-electron chi connectivity index (χ3n) is 4.30. The fourth-order valence-electron chi connectivity index (χ4n) is 3.06. The van der Waals surface area contributed by atoms with Gasteiger partial charge in [0.2, 0.25) is 0 Å². The molecule has 0 bridgehead atoms. The van der Waals surface area contributed by atoms with Gasteiger partial charge in [0.05, 0.1) is 0 Å². The van der Waals surface area contributed by atoms with E-state index >= 15 is 0 Å². The molecule has 0 unspecified atom stereocenters. The summed E-state index contributed by atoms with van der Waals surface area (Å²) in [7, 11) is 0. The molecule has 0 spiro atoms. The summed E-state index contributed by atoms with van der Waals surface area (Å²) in [4.78, 5) is 0. The van der Waals surface area contributed by atoms with Gasteiger partial charge in [-0.3, -0.25) is 0 Å². The van der Waals surface area contributed by atoms with Crippen LogP contribution in [0.5, 0.6) is 0 Å². The van der Waals surface area contributed by atoms with Crippen molar-refractivity contribution in [3.05, 3.63) is 87.9 Å². The van der Waals surface area contributed by atoms with Crippen LogP contribution in [0.2, 0.25) is 15.1 Å². The van der Waals surface area contributed by atoms with Gasteiger partial charge in [0, 0.05) is 15.1 Å². The SMILES string of the molecule is N#C[B-](c1ccc(Cl)cc1)(c1ccc(Cl)cc1)c1ccc(Cl)cc1. The largest absolute Gasteiger partial charge is 0.248 e. The molecular formula is C19H12BCl3N-. The van der Waals surface area contributed by atoms with Crippen molar-refractivity contribution >= 4 is 57.3 Å². The van der Waals surface area contributed by atoms with E-state index in [1.807, 2.05) is 36.4 Å². The number of hydrogen-bond donors (Lipinski definition) is 0. The molecule has 0 amide bonds. The molecule has 0 radical (unpaired) electrons. The van der Waals surface area contributed by atoms with Crippen LogP contribution in [-0.4, -0.2) is 6.15 Å². The maximum atomic E-state index is 10.2. The van der Waals surface area contributed by atoms with Crippen LogP contribution in [0.25, 0.3) is 0 Å². The van der Waals surface area contributed by atoms with Gasteiger partial charge >= 0.3 is 0 Å². The minimum Gasteiger partial charge on any atom is -0.248 e. The standard InChI is InChI=1S/C19H12BCl3N/c21-17-7-1-14(2-8-17)20(13-24,15-3-9-18(22)10-4-15)16-5-11-19(23)12-6-16/h1-12H/q-1. The molecule has 0 aromatic heterocycles. The summed E-state index contributed by atoms with van der Waals surface area (Å²) in [6, 6.07) is 22.2. The van der Waals surface area contributed by atoms with E-state index in [2.05, 4.69) is 5.97 Å². The summed E-state index contributed by atoms with van der Waals surface area (Å²) in [5.74, 6) is 2.56. The molecule has 0 saturated heterocycles. The maximum absolute atomic E-state index is 10.2. The van der Waals surface area contributed by atoms with Gasteiger partial charge in [-0.05, 0) is 36.4 Å². The molecular weight excluding hydrogens is 359 g/mol. The van der Waals surface area contributed by atoms with Gasteiger partial charge in [-0.15, -0.1) is 5.97 Å². The Morgan fingerprint density at radius 1 is 0.542 bits per heavy atom. The van der Waals surface area contributed by atoms with Gasteiger partial charge in [-0.2, -0.15) is 16.4 Å². The Bertz CT molecular complexity index is 771. The average Bonchev–Trinajstić information content (AvgIpc) is 2.60. The van der Waals surface area contributed by atoms with Crippen LogP contribution in [0.4, 0.5) is 0 Å². The lowest BCUT2D eigenvalue weighted by atomic mass is 9.16. The second-order valence-corrected chi connectivity index (χ2v) is 6.96. The number of rotatable bonds is 3. The van der Waals surface area contributed by atoms with Crippen molar-refractivity contribution in [3.63, 3.8) is 0 Å². The van der Waals surface area contributed by atoms with E-state index in [1.165, 1.54) is 0 Å². The third-order valence-corrected chi connectivity index (χ3v) is 5.06. The molecule has 0 fully saturated rings. The molecule has 0 saturated carbocycles. The minimum atomic E-state index is -1.81. The van der Waals surface area contributed by atoms with Gasteiger partial charge in [0.15, 0.2) is 6.15 Å². The number of nitriles is 1. The fraction of sp³-hybridized carbons (Fsp3) is 0. The van der Waals surface area contributed by atoms with Crippen LogP contribution >= 0.6 is 34.8 Å². The van der Waals surface area contributed by atoms with Gasteiger partial charge in [0.25, 0.3) is 0 Å². The molecule has 0 aliphatic carbocycles. The highest BCUT2D eigenvalue weighted by molar-refractivity contribution is 7.16. The normalized spacial score (nSPS) is 11.1. The Kier molecular flexibility index (Phi) is 4.87. The van der Waals surface area contributed by atoms with E-state index in [-0.39, 0.29) is 0 Å². The minimum absolute atomic E-state index is 0.633. The van der Waals surface area contributed by atoms with E-state index in [0.717, 1.165) is 16.4 Å². The van der Waals surface area contributed by atoms with Gasteiger partial charge in [-0.1, -0.05) is 71.2 Å². The first-order valence-electron chi connectivity index (χ1n) is 7.41. The number of nitrogens with zero attached hydrogens (tertiary/aromatic N) is 1. The Morgan fingerprint density at radius 2 is 0.792 bits per heavy atom. The topological polar surface area (TPSA) is 23.8 Å². The maximum Gasteiger partial charge on any atom is 0.183 e. The highest BCUT2D eigenvalue weighted by Gasteiger charge is 2.30. The summed E-state index contributed by atoms with van der Waals surface area (Å²) in [6.07, 6.45) is -1.81. The van der Waals surface area contributed by atoms with E-state index in [1.54, 1.807) is 36.4 Å². The Labute approximate surface area is 156 Å². The average molecular weight is 371 g/mol. The summed E-state index contributed by atoms with van der Waals surface area (Å²) in [5, 5.41) is 12.1. The molecule has 0 atom stereocenters. The van der Waals surface area contributed by atoms with Gasteiger partial charge in [-0.25, -0.2) is 5.26 Å². The molecule has 5 heteroatoms. The molecule has 0 aliphatic rings. The zero-order valence-electron chi connectivity index (χ0n) is 12.6. The van der Waals surface area contributed by atoms with Crippen molar-refractivity contribution < 1.29 is 0 Å². The lowest BCUT2D eigenvalue weighted by Gasteiger charge is -2.36. The number of hydrogen-bond acceptors (Lipinski definition) is 1. The number of benzene rings is 3. The molecule has 1 nitrogen and oxygen atoms in total. The predicted molar refractivity (Wildman–Crippen MR) is 105 cm³/mol.